The van der Waals surface area contributed by atoms with E-state index in [2.05, 4.69) is 11.4 Å². The maximum atomic E-state index is 8.92. The topological polar surface area (TPSA) is 61.8 Å². The molecule has 3 nitrogen and oxygen atoms in total. The fourth-order valence-corrected chi connectivity index (χ4v) is 2.69. The van der Waals surface area contributed by atoms with Crippen molar-refractivity contribution in [3.8, 4) is 6.07 Å². The summed E-state index contributed by atoms with van der Waals surface area (Å²) in [4.78, 5) is 1.15. The van der Waals surface area contributed by atoms with Crippen molar-refractivity contribution in [1.29, 1.82) is 5.26 Å². The number of benzene rings is 1. The van der Waals surface area contributed by atoms with Gasteiger partial charge in [0.15, 0.2) is 0 Å². The van der Waals surface area contributed by atoms with Crippen LogP contribution in [0.5, 0.6) is 0 Å². The molecule has 3 N–H and O–H groups in total. The minimum absolute atomic E-state index is 0.137. The number of hydrogen-bond acceptors (Lipinski definition) is 4. The summed E-state index contributed by atoms with van der Waals surface area (Å²) in [6.07, 6.45) is 0. The van der Waals surface area contributed by atoms with Crippen LogP contribution in [-0.2, 0) is 0 Å². The van der Waals surface area contributed by atoms with E-state index in [9.17, 15) is 0 Å². The normalized spacial score (nSPS) is 11.8. The summed E-state index contributed by atoms with van der Waals surface area (Å²) in [6.45, 7) is 2.05. The highest BCUT2D eigenvalue weighted by Gasteiger charge is 2.09. The first-order valence-corrected chi connectivity index (χ1v) is 6.61. The molecule has 0 radical (unpaired) electrons. The molecule has 0 fully saturated rings. The fourth-order valence-electron chi connectivity index (χ4n) is 1.63. The second-order valence-electron chi connectivity index (χ2n) is 3.92. The lowest BCUT2D eigenvalue weighted by atomic mass is 10.1. The van der Waals surface area contributed by atoms with Gasteiger partial charge in [0.05, 0.1) is 15.9 Å². The molecular formula is C13H12ClN3S. The summed E-state index contributed by atoms with van der Waals surface area (Å²) < 4.78 is 0.772. The summed E-state index contributed by atoms with van der Waals surface area (Å²) in [5.74, 6) is 0. The third-order valence-corrected chi connectivity index (χ3v) is 3.99. The zero-order chi connectivity index (χ0) is 13.1. The van der Waals surface area contributed by atoms with Gasteiger partial charge in [-0.2, -0.15) is 5.26 Å². The molecule has 0 saturated heterocycles. The minimum Gasteiger partial charge on any atom is -0.398 e. The van der Waals surface area contributed by atoms with Crippen LogP contribution in [0, 0.1) is 11.3 Å². The lowest BCUT2D eigenvalue weighted by Crippen LogP contribution is -2.05. The molecule has 1 heterocycles. The molecule has 92 valence electrons. The van der Waals surface area contributed by atoms with Crippen molar-refractivity contribution >= 4 is 34.3 Å². The molecule has 2 aromatic rings. The van der Waals surface area contributed by atoms with Gasteiger partial charge in [-0.15, -0.1) is 11.3 Å². The van der Waals surface area contributed by atoms with Gasteiger partial charge in [0, 0.05) is 16.3 Å². The Kier molecular flexibility index (Phi) is 3.75. The summed E-state index contributed by atoms with van der Waals surface area (Å²) in [6, 6.07) is 11.4. The van der Waals surface area contributed by atoms with Crippen molar-refractivity contribution in [2.24, 2.45) is 0 Å². The van der Waals surface area contributed by atoms with E-state index in [0.717, 1.165) is 14.9 Å². The van der Waals surface area contributed by atoms with E-state index in [1.165, 1.54) is 0 Å². The lowest BCUT2D eigenvalue weighted by molar-refractivity contribution is 0.908. The number of nitrogens with zero attached hydrogens (tertiary/aromatic N) is 1. The summed E-state index contributed by atoms with van der Waals surface area (Å²) in [7, 11) is 0. The molecule has 0 aliphatic rings. The van der Waals surface area contributed by atoms with Crippen molar-refractivity contribution in [3.63, 3.8) is 0 Å². The van der Waals surface area contributed by atoms with E-state index in [4.69, 9.17) is 22.6 Å². The Morgan fingerprint density at radius 3 is 2.78 bits per heavy atom. The monoisotopic (exact) mass is 277 g/mol. The van der Waals surface area contributed by atoms with Crippen LogP contribution in [0.3, 0.4) is 0 Å². The zero-order valence-corrected chi connectivity index (χ0v) is 11.3. The molecule has 1 aromatic carbocycles. The summed E-state index contributed by atoms with van der Waals surface area (Å²) >= 11 is 7.45. The van der Waals surface area contributed by atoms with Crippen LogP contribution < -0.4 is 11.1 Å². The number of thiophene rings is 1. The van der Waals surface area contributed by atoms with Crippen LogP contribution in [0.25, 0.3) is 0 Å². The maximum absolute atomic E-state index is 8.92. The van der Waals surface area contributed by atoms with Gasteiger partial charge in [0.25, 0.3) is 0 Å². The number of anilines is 2. The highest BCUT2D eigenvalue weighted by Crippen LogP contribution is 2.29. The smallest absolute Gasteiger partial charge is 0.101 e. The van der Waals surface area contributed by atoms with Crippen molar-refractivity contribution in [3.05, 3.63) is 45.1 Å². The molecule has 0 bridgehead atoms. The largest absolute Gasteiger partial charge is 0.398 e. The lowest BCUT2D eigenvalue weighted by Gasteiger charge is -2.14. The molecule has 0 amide bonds. The van der Waals surface area contributed by atoms with Crippen LogP contribution in [0.15, 0.2) is 30.3 Å². The van der Waals surface area contributed by atoms with Crippen molar-refractivity contribution < 1.29 is 0 Å². The summed E-state index contributed by atoms with van der Waals surface area (Å²) in [5.41, 5.74) is 7.53. The van der Waals surface area contributed by atoms with Gasteiger partial charge in [0.2, 0.25) is 0 Å². The number of hydrogen-bond donors (Lipinski definition) is 2. The molecule has 0 aliphatic heterocycles. The molecule has 5 heteroatoms. The molecule has 18 heavy (non-hydrogen) atoms. The quantitative estimate of drug-likeness (QED) is 0.833. The first-order chi connectivity index (χ1) is 8.60. The SMILES string of the molecule is CC(Nc1ccc(N)c(C#N)c1)c1ccc(Cl)s1. The third kappa shape index (κ3) is 2.76. The second kappa shape index (κ2) is 5.30. The Balaban J connectivity index is 2.17. The second-order valence-corrected chi connectivity index (χ2v) is 5.67. The number of halogens is 1. The van der Waals surface area contributed by atoms with Gasteiger partial charge in [-0.25, -0.2) is 0 Å². The number of nitriles is 1. The number of nitrogen functional groups attached to an aromatic ring is 1. The van der Waals surface area contributed by atoms with Gasteiger partial charge >= 0.3 is 0 Å². The Morgan fingerprint density at radius 1 is 1.39 bits per heavy atom. The van der Waals surface area contributed by atoms with Crippen LogP contribution in [0.4, 0.5) is 11.4 Å². The van der Waals surface area contributed by atoms with Gasteiger partial charge in [0.1, 0.15) is 6.07 Å². The van der Waals surface area contributed by atoms with Crippen LogP contribution >= 0.6 is 22.9 Å². The molecule has 0 aliphatic carbocycles. The molecule has 1 aromatic heterocycles. The predicted molar refractivity (Wildman–Crippen MR) is 76.9 cm³/mol. The standard InChI is InChI=1S/C13H12ClN3S/c1-8(12-4-5-13(14)18-12)17-10-2-3-11(16)9(6-10)7-15/h2-6,8,17H,16H2,1H3. The molecule has 1 unspecified atom stereocenters. The first-order valence-electron chi connectivity index (χ1n) is 5.41. The Morgan fingerprint density at radius 2 is 2.17 bits per heavy atom. The minimum atomic E-state index is 0.137. The van der Waals surface area contributed by atoms with Crippen LogP contribution in [-0.4, -0.2) is 0 Å². The Labute approximate surface area is 115 Å². The van der Waals surface area contributed by atoms with Gasteiger partial charge in [-0.3, -0.25) is 0 Å². The highest BCUT2D eigenvalue weighted by atomic mass is 35.5. The van der Waals surface area contributed by atoms with Crippen LogP contribution in [0.2, 0.25) is 4.34 Å². The molecule has 0 spiro atoms. The van der Waals surface area contributed by atoms with Gasteiger partial charge < -0.3 is 11.1 Å². The van der Waals surface area contributed by atoms with Crippen molar-refractivity contribution in [2.45, 2.75) is 13.0 Å². The van der Waals surface area contributed by atoms with Crippen LogP contribution in [0.1, 0.15) is 23.4 Å². The first kappa shape index (κ1) is 12.7. The summed E-state index contributed by atoms with van der Waals surface area (Å²) in [5, 5.41) is 12.2. The number of nitrogens with two attached hydrogens (primary N) is 1. The van der Waals surface area contributed by atoms with E-state index in [-0.39, 0.29) is 6.04 Å². The zero-order valence-electron chi connectivity index (χ0n) is 9.77. The number of rotatable bonds is 3. The van der Waals surface area contributed by atoms with Crippen molar-refractivity contribution in [1.82, 2.24) is 0 Å². The van der Waals surface area contributed by atoms with E-state index >= 15 is 0 Å². The number of nitrogens with one attached hydrogen (secondary N) is 1. The third-order valence-electron chi connectivity index (χ3n) is 2.58. The molecule has 1 atom stereocenters. The molecule has 2 rings (SSSR count). The predicted octanol–water partition coefficient (Wildman–Crippen LogP) is 4.03. The van der Waals surface area contributed by atoms with E-state index in [1.54, 1.807) is 23.5 Å². The van der Waals surface area contributed by atoms with Gasteiger partial charge in [-0.05, 0) is 37.3 Å². The Bertz CT molecular complexity index is 601. The van der Waals surface area contributed by atoms with Crippen molar-refractivity contribution in [2.75, 3.05) is 11.1 Å². The molecular weight excluding hydrogens is 266 g/mol. The molecule has 0 saturated carbocycles. The average molecular weight is 278 g/mol. The van der Waals surface area contributed by atoms with Gasteiger partial charge in [-0.1, -0.05) is 11.6 Å². The Hall–Kier alpha value is -1.70. The average Bonchev–Trinajstić information content (AvgIpc) is 2.78. The van der Waals surface area contributed by atoms with E-state index < -0.39 is 0 Å². The van der Waals surface area contributed by atoms with E-state index in [0.29, 0.717) is 11.3 Å². The fraction of sp³-hybridized carbons (Fsp3) is 0.154. The maximum Gasteiger partial charge on any atom is 0.101 e. The highest BCUT2D eigenvalue weighted by molar-refractivity contribution is 7.16. The van der Waals surface area contributed by atoms with E-state index in [1.807, 2.05) is 25.1 Å².